The molecule has 0 fully saturated rings. The minimum atomic E-state index is -0.364. The van der Waals surface area contributed by atoms with Gasteiger partial charge in [-0.15, -0.1) is 0 Å². The van der Waals surface area contributed by atoms with E-state index in [4.69, 9.17) is 0 Å². The second kappa shape index (κ2) is 6.18. The van der Waals surface area contributed by atoms with Crippen LogP contribution in [0.15, 0.2) is 24.4 Å². The Morgan fingerprint density at radius 2 is 2.25 bits per heavy atom. The lowest BCUT2D eigenvalue weighted by molar-refractivity contribution is 0.0944. The zero-order valence-electron chi connectivity index (χ0n) is 11.6. The van der Waals surface area contributed by atoms with Gasteiger partial charge in [0.25, 0.3) is 5.91 Å². The lowest BCUT2D eigenvalue weighted by Gasteiger charge is -2.07. The fourth-order valence-corrected chi connectivity index (χ4v) is 1.99. The molecule has 6 nitrogen and oxygen atoms in total. The van der Waals surface area contributed by atoms with Crippen molar-refractivity contribution in [2.75, 3.05) is 6.54 Å². The van der Waals surface area contributed by atoms with E-state index in [9.17, 15) is 9.90 Å². The van der Waals surface area contributed by atoms with Crippen LogP contribution in [-0.2, 0) is 6.54 Å². The molecule has 2 aromatic rings. The molecule has 0 bridgehead atoms. The summed E-state index contributed by atoms with van der Waals surface area (Å²) in [6.45, 7) is 5.21. The number of aromatic hydroxyl groups is 1. The van der Waals surface area contributed by atoms with Crippen LogP contribution in [0.4, 0.5) is 0 Å². The zero-order valence-corrected chi connectivity index (χ0v) is 11.6. The van der Waals surface area contributed by atoms with E-state index in [1.165, 1.54) is 12.3 Å². The third-order valence-electron chi connectivity index (χ3n) is 2.94. The maximum absolute atomic E-state index is 11.8. The van der Waals surface area contributed by atoms with Crippen LogP contribution in [0.25, 0.3) is 0 Å². The maximum Gasteiger partial charge on any atom is 0.273 e. The number of rotatable bonds is 5. The topological polar surface area (TPSA) is 80.0 Å². The number of amides is 1. The minimum Gasteiger partial charge on any atom is -0.505 e. The Balaban J connectivity index is 1.80. The first-order valence-corrected chi connectivity index (χ1v) is 6.51. The molecule has 0 saturated heterocycles. The zero-order chi connectivity index (χ0) is 14.5. The average molecular weight is 274 g/mol. The van der Waals surface area contributed by atoms with Gasteiger partial charge in [0, 0.05) is 25.0 Å². The molecule has 6 heteroatoms. The number of hydrogen-bond acceptors (Lipinski definition) is 4. The van der Waals surface area contributed by atoms with Gasteiger partial charge in [0.1, 0.15) is 5.75 Å². The first-order chi connectivity index (χ1) is 9.58. The van der Waals surface area contributed by atoms with Gasteiger partial charge in [-0.05, 0) is 38.5 Å². The van der Waals surface area contributed by atoms with Crippen molar-refractivity contribution in [1.82, 2.24) is 20.1 Å². The molecule has 0 spiro atoms. The lowest BCUT2D eigenvalue weighted by atomic mass is 10.3. The molecule has 0 atom stereocenters. The van der Waals surface area contributed by atoms with Gasteiger partial charge in [0.2, 0.25) is 0 Å². The molecule has 0 aliphatic rings. The second-order valence-corrected chi connectivity index (χ2v) is 4.63. The Morgan fingerprint density at radius 3 is 2.90 bits per heavy atom. The van der Waals surface area contributed by atoms with Crippen LogP contribution in [0.2, 0.25) is 0 Å². The van der Waals surface area contributed by atoms with E-state index in [0.717, 1.165) is 24.4 Å². The SMILES string of the molecule is Cc1cc(C)n(CCCNC(=O)c2ncccc2O)n1. The number of pyridine rings is 1. The Hall–Kier alpha value is -2.37. The number of carbonyl (C=O) groups excluding carboxylic acids is 1. The molecule has 0 unspecified atom stereocenters. The number of hydrogen-bond donors (Lipinski definition) is 2. The monoisotopic (exact) mass is 274 g/mol. The predicted octanol–water partition coefficient (Wildman–Crippen LogP) is 1.42. The van der Waals surface area contributed by atoms with Crippen LogP contribution in [0, 0.1) is 13.8 Å². The largest absolute Gasteiger partial charge is 0.505 e. The van der Waals surface area contributed by atoms with Gasteiger partial charge in [-0.25, -0.2) is 4.98 Å². The van der Waals surface area contributed by atoms with Gasteiger partial charge in [-0.1, -0.05) is 0 Å². The van der Waals surface area contributed by atoms with Crippen LogP contribution in [-0.4, -0.2) is 32.3 Å². The Kier molecular flexibility index (Phi) is 4.34. The summed E-state index contributed by atoms with van der Waals surface area (Å²) < 4.78 is 1.92. The van der Waals surface area contributed by atoms with Crippen molar-refractivity contribution in [3.8, 4) is 5.75 Å². The van der Waals surface area contributed by atoms with Gasteiger partial charge in [0.05, 0.1) is 5.69 Å². The highest BCUT2D eigenvalue weighted by atomic mass is 16.3. The molecule has 0 radical (unpaired) electrons. The Bertz CT molecular complexity index is 607. The smallest absolute Gasteiger partial charge is 0.273 e. The summed E-state index contributed by atoms with van der Waals surface area (Å²) in [7, 11) is 0. The highest BCUT2D eigenvalue weighted by Crippen LogP contribution is 2.11. The summed E-state index contributed by atoms with van der Waals surface area (Å²) in [6, 6.07) is 5.04. The van der Waals surface area contributed by atoms with Crippen LogP contribution in [0.5, 0.6) is 5.75 Å². The van der Waals surface area contributed by atoms with Gasteiger partial charge in [-0.2, -0.15) is 5.10 Å². The minimum absolute atomic E-state index is 0.0543. The van der Waals surface area contributed by atoms with Gasteiger partial charge >= 0.3 is 0 Å². The highest BCUT2D eigenvalue weighted by molar-refractivity contribution is 5.94. The predicted molar refractivity (Wildman–Crippen MR) is 74.6 cm³/mol. The van der Waals surface area contributed by atoms with Gasteiger partial charge < -0.3 is 10.4 Å². The second-order valence-electron chi connectivity index (χ2n) is 4.63. The highest BCUT2D eigenvalue weighted by Gasteiger charge is 2.11. The molecular weight excluding hydrogens is 256 g/mol. The standard InChI is InChI=1S/C14H18N4O2/c1-10-9-11(2)18(17-10)8-4-7-16-14(20)13-12(19)5-3-6-15-13/h3,5-6,9,19H,4,7-8H2,1-2H3,(H,16,20). The molecule has 0 aromatic carbocycles. The maximum atomic E-state index is 11.8. The molecule has 0 saturated carbocycles. The number of nitrogens with zero attached hydrogens (tertiary/aromatic N) is 3. The fourth-order valence-electron chi connectivity index (χ4n) is 1.99. The molecule has 2 aromatic heterocycles. The normalized spacial score (nSPS) is 10.5. The summed E-state index contributed by atoms with van der Waals surface area (Å²) in [4.78, 5) is 15.6. The van der Waals surface area contributed by atoms with Gasteiger partial charge in [0.15, 0.2) is 5.69 Å². The fraction of sp³-hybridized carbons (Fsp3) is 0.357. The van der Waals surface area contributed by atoms with Crippen molar-refractivity contribution >= 4 is 5.91 Å². The van der Waals surface area contributed by atoms with E-state index in [1.807, 2.05) is 24.6 Å². The molecule has 20 heavy (non-hydrogen) atoms. The van der Waals surface area contributed by atoms with Crippen LogP contribution in [0.3, 0.4) is 0 Å². The summed E-state index contributed by atoms with van der Waals surface area (Å²) in [5.41, 5.74) is 2.15. The van der Waals surface area contributed by atoms with Crippen molar-refractivity contribution in [3.05, 3.63) is 41.5 Å². The first-order valence-electron chi connectivity index (χ1n) is 6.51. The van der Waals surface area contributed by atoms with E-state index in [1.54, 1.807) is 6.07 Å². The van der Waals surface area contributed by atoms with Crippen LogP contribution < -0.4 is 5.32 Å². The lowest BCUT2D eigenvalue weighted by Crippen LogP contribution is -2.26. The quantitative estimate of drug-likeness (QED) is 0.808. The van der Waals surface area contributed by atoms with Crippen molar-refractivity contribution in [3.63, 3.8) is 0 Å². The molecule has 106 valence electrons. The molecule has 1 amide bonds. The molecule has 2 rings (SSSR count). The number of aromatic nitrogens is 3. The van der Waals surface area contributed by atoms with E-state index in [2.05, 4.69) is 15.4 Å². The third kappa shape index (κ3) is 3.34. The van der Waals surface area contributed by atoms with E-state index < -0.39 is 0 Å². The summed E-state index contributed by atoms with van der Waals surface area (Å²) in [6.07, 6.45) is 2.24. The summed E-state index contributed by atoms with van der Waals surface area (Å²) in [5.74, 6) is -0.472. The number of nitrogens with one attached hydrogen (secondary N) is 1. The average Bonchev–Trinajstić information content (AvgIpc) is 2.73. The molecule has 0 aliphatic heterocycles. The van der Waals surface area contributed by atoms with E-state index >= 15 is 0 Å². The Labute approximate surface area is 117 Å². The summed E-state index contributed by atoms with van der Waals surface area (Å²) >= 11 is 0. The van der Waals surface area contributed by atoms with Gasteiger partial charge in [-0.3, -0.25) is 9.48 Å². The summed E-state index contributed by atoms with van der Waals surface area (Å²) in [5, 5.41) is 16.6. The van der Waals surface area contributed by atoms with E-state index in [-0.39, 0.29) is 17.4 Å². The number of aryl methyl sites for hydroxylation is 3. The van der Waals surface area contributed by atoms with Crippen molar-refractivity contribution in [2.24, 2.45) is 0 Å². The molecule has 0 aliphatic carbocycles. The van der Waals surface area contributed by atoms with Crippen molar-refractivity contribution in [2.45, 2.75) is 26.8 Å². The molecular formula is C14H18N4O2. The van der Waals surface area contributed by atoms with E-state index in [0.29, 0.717) is 6.54 Å². The van der Waals surface area contributed by atoms with Crippen LogP contribution >= 0.6 is 0 Å². The Morgan fingerprint density at radius 1 is 1.45 bits per heavy atom. The molecule has 2 N–H and O–H groups in total. The molecule has 2 heterocycles. The van der Waals surface area contributed by atoms with Crippen molar-refractivity contribution in [1.29, 1.82) is 0 Å². The first kappa shape index (κ1) is 14.0. The number of carbonyl (C=O) groups is 1. The van der Waals surface area contributed by atoms with Crippen molar-refractivity contribution < 1.29 is 9.90 Å². The third-order valence-corrected chi connectivity index (χ3v) is 2.94. The van der Waals surface area contributed by atoms with Crippen LogP contribution in [0.1, 0.15) is 28.3 Å².